The summed E-state index contributed by atoms with van der Waals surface area (Å²) in [4.78, 5) is 12.6. The van der Waals surface area contributed by atoms with E-state index in [1.807, 2.05) is 6.92 Å². The summed E-state index contributed by atoms with van der Waals surface area (Å²) in [5.41, 5.74) is 0. The Morgan fingerprint density at radius 2 is 2.58 bits per heavy atom. The van der Waals surface area contributed by atoms with E-state index in [1.54, 1.807) is 4.90 Å². The number of ether oxygens (including phenoxy) is 1. The molecule has 4 nitrogen and oxygen atoms in total. The van der Waals surface area contributed by atoms with Crippen molar-refractivity contribution in [3.05, 3.63) is 0 Å². The van der Waals surface area contributed by atoms with Crippen molar-refractivity contribution in [1.29, 1.82) is 5.26 Å². The van der Waals surface area contributed by atoms with Crippen molar-refractivity contribution >= 4 is 6.09 Å². The molecule has 1 aliphatic rings. The zero-order chi connectivity index (χ0) is 8.97. The Balaban J connectivity index is 2.48. The Bertz CT molecular complexity index is 210. The van der Waals surface area contributed by atoms with Crippen LogP contribution < -0.4 is 0 Å². The van der Waals surface area contributed by atoms with Gasteiger partial charge in [0.25, 0.3) is 0 Å². The number of amides is 1. The Kier molecular flexibility index (Phi) is 2.92. The largest absolute Gasteiger partial charge is 0.448 e. The molecular formula is C8H12N2O2. The molecule has 1 unspecified atom stereocenters. The number of hydrogen-bond donors (Lipinski definition) is 0. The average Bonchev–Trinajstić information content (AvgIpc) is 2.09. The Morgan fingerprint density at radius 3 is 3.17 bits per heavy atom. The van der Waals surface area contributed by atoms with Crippen LogP contribution in [0.25, 0.3) is 0 Å². The third-order valence-corrected chi connectivity index (χ3v) is 1.78. The summed E-state index contributed by atoms with van der Waals surface area (Å²) in [7, 11) is 0. The van der Waals surface area contributed by atoms with Crippen molar-refractivity contribution in [2.24, 2.45) is 5.92 Å². The number of hydrogen-bond acceptors (Lipinski definition) is 3. The van der Waals surface area contributed by atoms with E-state index < -0.39 is 0 Å². The van der Waals surface area contributed by atoms with Crippen molar-refractivity contribution in [2.45, 2.75) is 13.3 Å². The van der Waals surface area contributed by atoms with E-state index in [0.29, 0.717) is 13.1 Å². The molecule has 1 fully saturated rings. The molecule has 0 aliphatic carbocycles. The lowest BCUT2D eigenvalue weighted by atomic mass is 10.1. The lowest BCUT2D eigenvalue weighted by Crippen LogP contribution is -2.42. The SMILES string of the molecule is CCCN1CC(C#N)COC1=O. The standard InChI is InChI=1S/C8H12N2O2/c1-2-3-10-5-7(4-9)6-12-8(10)11/h7H,2-3,5-6H2,1H3. The van der Waals surface area contributed by atoms with Crippen LogP contribution in [0.5, 0.6) is 0 Å². The minimum Gasteiger partial charge on any atom is -0.448 e. The van der Waals surface area contributed by atoms with Gasteiger partial charge in [-0.2, -0.15) is 5.26 Å². The van der Waals surface area contributed by atoms with Crippen molar-refractivity contribution in [1.82, 2.24) is 4.90 Å². The van der Waals surface area contributed by atoms with Gasteiger partial charge in [0.1, 0.15) is 6.61 Å². The highest BCUT2D eigenvalue weighted by Gasteiger charge is 2.25. The molecule has 0 radical (unpaired) electrons. The maximum atomic E-state index is 11.0. The van der Waals surface area contributed by atoms with Gasteiger partial charge in [-0.15, -0.1) is 0 Å². The molecular weight excluding hydrogens is 156 g/mol. The van der Waals surface area contributed by atoms with Crippen molar-refractivity contribution in [3.63, 3.8) is 0 Å². The van der Waals surface area contributed by atoms with Gasteiger partial charge in [0, 0.05) is 13.1 Å². The normalized spacial score (nSPS) is 23.2. The molecule has 4 heteroatoms. The lowest BCUT2D eigenvalue weighted by Gasteiger charge is -2.28. The van der Waals surface area contributed by atoms with Gasteiger partial charge < -0.3 is 9.64 Å². The summed E-state index contributed by atoms with van der Waals surface area (Å²) in [6, 6.07) is 2.09. The molecule has 1 saturated heterocycles. The van der Waals surface area contributed by atoms with Gasteiger partial charge in [-0.3, -0.25) is 0 Å². The highest BCUT2D eigenvalue weighted by atomic mass is 16.6. The molecule has 1 amide bonds. The maximum absolute atomic E-state index is 11.0. The van der Waals surface area contributed by atoms with Crippen LogP contribution in [0, 0.1) is 17.2 Å². The van der Waals surface area contributed by atoms with Crippen molar-refractivity contribution < 1.29 is 9.53 Å². The Labute approximate surface area is 71.7 Å². The van der Waals surface area contributed by atoms with E-state index >= 15 is 0 Å². The van der Waals surface area contributed by atoms with Gasteiger partial charge in [0.05, 0.1) is 12.0 Å². The predicted octanol–water partition coefficient (Wildman–Crippen LogP) is 0.988. The molecule has 0 aromatic carbocycles. The first-order chi connectivity index (χ1) is 5.77. The van der Waals surface area contributed by atoms with E-state index in [-0.39, 0.29) is 18.6 Å². The predicted molar refractivity (Wildman–Crippen MR) is 42.3 cm³/mol. The molecule has 0 bridgehead atoms. The smallest absolute Gasteiger partial charge is 0.409 e. The van der Waals surface area contributed by atoms with E-state index in [1.165, 1.54) is 0 Å². The van der Waals surface area contributed by atoms with Gasteiger partial charge in [0.2, 0.25) is 0 Å². The summed E-state index contributed by atoms with van der Waals surface area (Å²) >= 11 is 0. The molecule has 66 valence electrons. The molecule has 1 aliphatic heterocycles. The van der Waals surface area contributed by atoms with Crippen LogP contribution in [0.2, 0.25) is 0 Å². The van der Waals surface area contributed by atoms with Crippen molar-refractivity contribution in [3.8, 4) is 6.07 Å². The van der Waals surface area contributed by atoms with E-state index in [2.05, 4.69) is 6.07 Å². The molecule has 1 rings (SSSR count). The summed E-state index contributed by atoms with van der Waals surface area (Å²) in [6.07, 6.45) is 0.608. The molecule has 0 aromatic heterocycles. The van der Waals surface area contributed by atoms with Gasteiger partial charge in [0.15, 0.2) is 0 Å². The molecule has 0 aromatic rings. The zero-order valence-corrected chi connectivity index (χ0v) is 7.12. The molecule has 0 saturated carbocycles. The third-order valence-electron chi connectivity index (χ3n) is 1.78. The Morgan fingerprint density at radius 1 is 1.83 bits per heavy atom. The van der Waals surface area contributed by atoms with Crippen LogP contribution in [-0.4, -0.2) is 30.7 Å². The quantitative estimate of drug-likeness (QED) is 0.617. The van der Waals surface area contributed by atoms with Gasteiger partial charge in [-0.05, 0) is 6.42 Å². The van der Waals surface area contributed by atoms with E-state index in [0.717, 1.165) is 6.42 Å². The first-order valence-corrected chi connectivity index (χ1v) is 4.09. The van der Waals surface area contributed by atoms with Crippen molar-refractivity contribution in [2.75, 3.05) is 19.7 Å². The monoisotopic (exact) mass is 168 g/mol. The number of carbonyl (C=O) groups is 1. The fourth-order valence-electron chi connectivity index (χ4n) is 1.19. The second kappa shape index (κ2) is 3.96. The third kappa shape index (κ3) is 1.88. The molecule has 0 spiro atoms. The zero-order valence-electron chi connectivity index (χ0n) is 7.12. The van der Waals surface area contributed by atoms with Crippen LogP contribution in [0.1, 0.15) is 13.3 Å². The molecule has 0 N–H and O–H groups in total. The second-order valence-corrected chi connectivity index (χ2v) is 2.85. The van der Waals surface area contributed by atoms with Gasteiger partial charge in [-0.25, -0.2) is 4.79 Å². The highest BCUT2D eigenvalue weighted by molar-refractivity contribution is 5.68. The summed E-state index contributed by atoms with van der Waals surface area (Å²) in [5.74, 6) is -0.158. The number of nitrogens with zero attached hydrogens (tertiary/aromatic N) is 2. The highest BCUT2D eigenvalue weighted by Crippen LogP contribution is 2.10. The van der Waals surface area contributed by atoms with Crippen LogP contribution in [0.15, 0.2) is 0 Å². The number of nitriles is 1. The fraction of sp³-hybridized carbons (Fsp3) is 0.750. The summed E-state index contributed by atoms with van der Waals surface area (Å²) in [6.45, 7) is 3.43. The number of rotatable bonds is 2. The molecule has 1 atom stereocenters. The van der Waals surface area contributed by atoms with Crippen LogP contribution in [0.4, 0.5) is 4.79 Å². The van der Waals surface area contributed by atoms with Gasteiger partial charge >= 0.3 is 6.09 Å². The topological polar surface area (TPSA) is 53.3 Å². The second-order valence-electron chi connectivity index (χ2n) is 2.85. The van der Waals surface area contributed by atoms with Crippen LogP contribution in [0.3, 0.4) is 0 Å². The molecule has 12 heavy (non-hydrogen) atoms. The lowest BCUT2D eigenvalue weighted by molar-refractivity contribution is 0.0567. The minimum absolute atomic E-state index is 0.158. The Hall–Kier alpha value is -1.24. The summed E-state index contributed by atoms with van der Waals surface area (Å²) < 4.78 is 4.81. The van der Waals surface area contributed by atoms with Gasteiger partial charge in [-0.1, -0.05) is 6.92 Å². The number of cyclic esters (lactones) is 1. The first kappa shape index (κ1) is 8.85. The van der Waals surface area contributed by atoms with E-state index in [4.69, 9.17) is 10.00 Å². The average molecular weight is 168 g/mol. The number of carbonyl (C=O) groups excluding carboxylic acids is 1. The first-order valence-electron chi connectivity index (χ1n) is 4.09. The minimum atomic E-state index is -0.289. The van der Waals surface area contributed by atoms with Crippen LogP contribution >= 0.6 is 0 Å². The van der Waals surface area contributed by atoms with E-state index in [9.17, 15) is 4.79 Å². The van der Waals surface area contributed by atoms with Crippen LogP contribution in [-0.2, 0) is 4.74 Å². The summed E-state index contributed by atoms with van der Waals surface area (Å²) in [5, 5.41) is 8.60. The molecule has 1 heterocycles. The fourth-order valence-corrected chi connectivity index (χ4v) is 1.19. The maximum Gasteiger partial charge on any atom is 0.409 e.